The van der Waals surface area contributed by atoms with E-state index in [1.54, 1.807) is 12.1 Å². The average molecular weight is 679 g/mol. The van der Waals surface area contributed by atoms with Gasteiger partial charge in [-0.1, -0.05) is 54.1 Å². The first kappa shape index (κ1) is 33.9. The summed E-state index contributed by atoms with van der Waals surface area (Å²) in [5.74, 6) is -1.41. The fraction of sp³-hybridized carbons (Fsp3) is 0.344. The van der Waals surface area contributed by atoms with Crippen molar-refractivity contribution in [3.05, 3.63) is 76.6 Å². The van der Waals surface area contributed by atoms with Gasteiger partial charge in [-0.05, 0) is 42.5 Å². The Morgan fingerprint density at radius 3 is 2.33 bits per heavy atom. The maximum atomic E-state index is 13.0. The highest BCUT2D eigenvalue weighted by Crippen LogP contribution is 2.27. The van der Waals surface area contributed by atoms with E-state index in [1.165, 1.54) is 0 Å². The highest BCUT2D eigenvalue weighted by atomic mass is 35.5. The Labute approximate surface area is 281 Å². The number of carbonyl (C=O) groups is 4. The van der Waals surface area contributed by atoms with Crippen LogP contribution in [0.15, 0.2) is 59.6 Å². The van der Waals surface area contributed by atoms with E-state index in [0.717, 1.165) is 11.1 Å². The second kappa shape index (κ2) is 15.4. The number of amides is 2. The van der Waals surface area contributed by atoms with Crippen LogP contribution in [-0.2, 0) is 36.9 Å². The summed E-state index contributed by atoms with van der Waals surface area (Å²) in [6.07, 6.45) is 2.17. The van der Waals surface area contributed by atoms with Gasteiger partial charge in [0.1, 0.15) is 12.4 Å². The Balaban J connectivity index is 0.971. The van der Waals surface area contributed by atoms with Crippen LogP contribution in [0.4, 0.5) is 11.6 Å². The van der Waals surface area contributed by atoms with Crippen LogP contribution in [0.2, 0.25) is 5.15 Å². The van der Waals surface area contributed by atoms with Gasteiger partial charge in [0.15, 0.2) is 41.7 Å². The number of esters is 2. The van der Waals surface area contributed by atoms with E-state index in [1.807, 2.05) is 47.4 Å². The molecule has 2 aliphatic heterocycles. The number of ether oxygens (including phenoxy) is 3. The molecule has 2 aliphatic rings. The average Bonchev–Trinajstić information content (AvgIpc) is 3.48. The standard InChI is InChI=1S/C32H35ClN8O7/c33-27-29(35)38-28(34)26(37-27)30(45)39-31-36-19-32(40-31)12-14-41(15-13-32)23(42)11-8-20-6-9-22(10-7-20)46-17-24(43)48-18-25(44)47-16-21-4-2-1-3-5-21/h1-7,9-10H,8,11-19H2,(H4,34,35,38)(H2,36,39,40,45). The molecule has 3 aromatic rings. The molecular formula is C32H35ClN8O7. The van der Waals surface area contributed by atoms with Gasteiger partial charge in [-0.25, -0.2) is 19.6 Å². The van der Waals surface area contributed by atoms with Gasteiger partial charge in [-0.3, -0.25) is 19.9 Å². The number of rotatable bonds is 11. The van der Waals surface area contributed by atoms with Gasteiger partial charge in [0.25, 0.3) is 5.91 Å². The van der Waals surface area contributed by atoms with Crippen LogP contribution in [0, 0.1) is 0 Å². The lowest BCUT2D eigenvalue weighted by atomic mass is 9.88. The third-order valence-electron chi connectivity index (χ3n) is 7.85. The number of hydrogen-bond acceptors (Lipinski definition) is 13. The number of nitrogens with one attached hydrogen (secondary N) is 2. The van der Waals surface area contributed by atoms with Gasteiger partial charge in [0.2, 0.25) is 5.91 Å². The molecule has 0 unspecified atom stereocenters. The molecule has 252 valence electrons. The summed E-state index contributed by atoms with van der Waals surface area (Å²) >= 11 is 5.88. The van der Waals surface area contributed by atoms with Crippen molar-refractivity contribution < 1.29 is 33.4 Å². The van der Waals surface area contributed by atoms with E-state index in [-0.39, 0.29) is 53.1 Å². The summed E-state index contributed by atoms with van der Waals surface area (Å²) in [6, 6.07) is 16.2. The van der Waals surface area contributed by atoms with E-state index >= 15 is 0 Å². The van der Waals surface area contributed by atoms with Crippen molar-refractivity contribution >= 4 is 52.9 Å². The van der Waals surface area contributed by atoms with Crippen molar-refractivity contribution in [3.63, 3.8) is 0 Å². The maximum absolute atomic E-state index is 13.0. The molecule has 1 saturated heterocycles. The van der Waals surface area contributed by atoms with Gasteiger partial charge in [-0.2, -0.15) is 0 Å². The summed E-state index contributed by atoms with van der Waals surface area (Å²) in [5.41, 5.74) is 12.6. The van der Waals surface area contributed by atoms with Gasteiger partial charge in [-0.15, -0.1) is 0 Å². The van der Waals surface area contributed by atoms with Gasteiger partial charge >= 0.3 is 11.9 Å². The largest absolute Gasteiger partial charge is 0.482 e. The minimum absolute atomic E-state index is 0.0388. The number of likely N-dealkylation sites (tertiary alicyclic amines) is 1. The molecule has 3 heterocycles. The topological polar surface area (TPSA) is 213 Å². The van der Waals surface area contributed by atoms with Crippen molar-refractivity contribution in [2.75, 3.05) is 44.3 Å². The number of anilines is 2. The van der Waals surface area contributed by atoms with Crippen LogP contribution in [0.3, 0.4) is 0 Å². The van der Waals surface area contributed by atoms with Crippen LogP contribution in [-0.4, -0.2) is 83.0 Å². The number of halogens is 1. The number of carbonyl (C=O) groups excluding carboxylic acids is 4. The minimum Gasteiger partial charge on any atom is -0.482 e. The smallest absolute Gasteiger partial charge is 0.344 e. The van der Waals surface area contributed by atoms with Crippen LogP contribution in [0.1, 0.15) is 40.9 Å². The van der Waals surface area contributed by atoms with Gasteiger partial charge in [0.05, 0.1) is 12.1 Å². The Kier molecular flexibility index (Phi) is 10.9. The van der Waals surface area contributed by atoms with E-state index in [4.69, 9.17) is 37.3 Å². The predicted octanol–water partition coefficient (Wildman–Crippen LogP) is 1.64. The zero-order valence-electron chi connectivity index (χ0n) is 25.9. The highest BCUT2D eigenvalue weighted by molar-refractivity contribution is 6.31. The first-order valence-electron chi connectivity index (χ1n) is 15.2. The maximum Gasteiger partial charge on any atom is 0.344 e. The first-order valence-corrected chi connectivity index (χ1v) is 15.5. The number of guanidine groups is 1. The SMILES string of the molecule is Nc1nc(N)c(C(=O)NC2=NCC3(CCN(C(=O)CCc4ccc(OCC(=O)OCC(=O)OCc5ccccc5)cc4)CC3)N2)nc1Cl. The molecule has 0 atom stereocenters. The van der Waals surface area contributed by atoms with E-state index < -0.39 is 24.5 Å². The van der Waals surface area contributed by atoms with Crippen LogP contribution >= 0.6 is 11.6 Å². The van der Waals surface area contributed by atoms with Crippen molar-refractivity contribution in [2.24, 2.45) is 4.99 Å². The molecule has 15 nitrogen and oxygen atoms in total. The number of nitrogen functional groups attached to an aromatic ring is 2. The molecule has 48 heavy (non-hydrogen) atoms. The fourth-order valence-corrected chi connectivity index (χ4v) is 5.27. The zero-order valence-corrected chi connectivity index (χ0v) is 26.7. The lowest BCUT2D eigenvalue weighted by Gasteiger charge is -2.39. The van der Waals surface area contributed by atoms with Crippen molar-refractivity contribution in [1.82, 2.24) is 25.5 Å². The van der Waals surface area contributed by atoms with E-state index in [0.29, 0.717) is 51.1 Å². The molecule has 1 fully saturated rings. The number of aliphatic imine (C=N–C) groups is 1. The molecule has 2 amide bonds. The number of aryl methyl sites for hydroxylation is 1. The Morgan fingerprint density at radius 1 is 0.896 bits per heavy atom. The summed E-state index contributed by atoms with van der Waals surface area (Å²) in [5, 5.41) is 5.82. The fourth-order valence-electron chi connectivity index (χ4n) is 5.14. The van der Waals surface area contributed by atoms with Crippen molar-refractivity contribution in [3.8, 4) is 5.75 Å². The molecule has 5 rings (SSSR count). The van der Waals surface area contributed by atoms with Crippen LogP contribution < -0.4 is 26.8 Å². The molecule has 0 aliphatic carbocycles. The molecular weight excluding hydrogens is 644 g/mol. The molecule has 0 saturated carbocycles. The Morgan fingerprint density at radius 2 is 1.60 bits per heavy atom. The predicted molar refractivity (Wildman–Crippen MR) is 175 cm³/mol. The Bertz CT molecular complexity index is 1680. The summed E-state index contributed by atoms with van der Waals surface area (Å²) in [6.45, 7) is 0.759. The normalized spacial score (nSPS) is 14.9. The molecule has 1 spiro atoms. The molecule has 0 radical (unpaired) electrons. The molecule has 0 bridgehead atoms. The van der Waals surface area contributed by atoms with Gasteiger partial charge in [0, 0.05) is 19.5 Å². The molecule has 6 N–H and O–H groups in total. The van der Waals surface area contributed by atoms with E-state index in [2.05, 4.69) is 25.6 Å². The minimum atomic E-state index is -0.700. The van der Waals surface area contributed by atoms with Crippen molar-refractivity contribution in [1.29, 1.82) is 0 Å². The zero-order chi connectivity index (χ0) is 34.1. The lowest BCUT2D eigenvalue weighted by molar-refractivity contribution is -0.160. The van der Waals surface area contributed by atoms with Crippen LogP contribution in [0.25, 0.3) is 0 Å². The number of nitrogens with two attached hydrogens (primary N) is 2. The molecule has 1 aromatic heterocycles. The summed E-state index contributed by atoms with van der Waals surface area (Å²) < 4.78 is 15.4. The summed E-state index contributed by atoms with van der Waals surface area (Å²) in [4.78, 5) is 63.4. The second-order valence-corrected chi connectivity index (χ2v) is 11.6. The van der Waals surface area contributed by atoms with Crippen LogP contribution in [0.5, 0.6) is 5.75 Å². The first-order chi connectivity index (χ1) is 23.1. The molecule has 16 heteroatoms. The number of benzene rings is 2. The van der Waals surface area contributed by atoms with Gasteiger partial charge < -0.3 is 35.9 Å². The third-order valence-corrected chi connectivity index (χ3v) is 8.13. The highest BCUT2D eigenvalue weighted by Gasteiger charge is 2.40. The number of piperidine rings is 1. The van der Waals surface area contributed by atoms with E-state index in [9.17, 15) is 19.2 Å². The number of hydrogen-bond donors (Lipinski definition) is 4. The molecule has 2 aromatic carbocycles. The number of nitrogens with zero attached hydrogens (tertiary/aromatic N) is 4. The Hall–Kier alpha value is -5.44. The summed E-state index contributed by atoms with van der Waals surface area (Å²) in [7, 11) is 0. The monoisotopic (exact) mass is 678 g/mol. The van der Waals surface area contributed by atoms with Crippen molar-refractivity contribution in [2.45, 2.75) is 37.8 Å². The quantitative estimate of drug-likeness (QED) is 0.213. The third kappa shape index (κ3) is 9.09. The second-order valence-electron chi connectivity index (χ2n) is 11.3. The number of aromatic nitrogens is 2. The lowest BCUT2D eigenvalue weighted by Crippen LogP contribution is -2.57.